The van der Waals surface area contributed by atoms with E-state index in [1.54, 1.807) is 18.3 Å². The van der Waals surface area contributed by atoms with Gasteiger partial charge in [-0.25, -0.2) is 0 Å². The van der Waals surface area contributed by atoms with Gasteiger partial charge < -0.3 is 14.8 Å². The second kappa shape index (κ2) is 9.21. The van der Waals surface area contributed by atoms with Crippen LogP contribution in [0.4, 0.5) is 0 Å². The zero-order chi connectivity index (χ0) is 17.8. The number of aromatic nitrogens is 1. The lowest BCUT2D eigenvalue weighted by molar-refractivity contribution is 0.0736. The number of benzene rings is 1. The molecular formula is C19H23Cl2N3O2. The van der Waals surface area contributed by atoms with Gasteiger partial charge in [-0.05, 0) is 37.6 Å². The standard InChI is InChI=1S/C19H22ClN3O2.ClH/c1-21-11-16-6-4-10-23(16)19(25)15-8-9-18(24)22(13-15)12-14-5-2-3-7-17(14)20;/h2-3,5,7-9,13,16,21H,4,6,10-12H2,1H3;1H. The Morgan fingerprint density at radius 3 is 2.77 bits per heavy atom. The summed E-state index contributed by atoms with van der Waals surface area (Å²) >= 11 is 6.19. The van der Waals surface area contributed by atoms with E-state index in [0.29, 0.717) is 17.1 Å². The fourth-order valence-corrected chi connectivity index (χ4v) is 3.50. The van der Waals surface area contributed by atoms with Crippen LogP contribution in [0.25, 0.3) is 0 Å². The molecule has 1 aromatic carbocycles. The highest BCUT2D eigenvalue weighted by atomic mass is 35.5. The molecule has 1 aliphatic heterocycles. The molecular weight excluding hydrogens is 373 g/mol. The van der Waals surface area contributed by atoms with Gasteiger partial charge in [0.1, 0.15) is 0 Å². The third kappa shape index (κ3) is 4.47. The lowest BCUT2D eigenvalue weighted by atomic mass is 10.2. The molecule has 0 radical (unpaired) electrons. The molecule has 1 amide bonds. The Balaban J connectivity index is 0.00000243. The summed E-state index contributed by atoms with van der Waals surface area (Å²) < 4.78 is 1.54. The zero-order valence-corrected chi connectivity index (χ0v) is 16.2. The number of carbonyl (C=O) groups excluding carboxylic acids is 1. The highest BCUT2D eigenvalue weighted by Crippen LogP contribution is 2.20. The highest BCUT2D eigenvalue weighted by Gasteiger charge is 2.29. The van der Waals surface area contributed by atoms with Crippen molar-refractivity contribution in [2.45, 2.75) is 25.4 Å². The van der Waals surface area contributed by atoms with Crippen molar-refractivity contribution in [2.75, 3.05) is 20.1 Å². The minimum absolute atomic E-state index is 0. The van der Waals surface area contributed by atoms with Gasteiger partial charge in [0, 0.05) is 36.4 Å². The van der Waals surface area contributed by atoms with Gasteiger partial charge in [-0.1, -0.05) is 29.8 Å². The predicted molar refractivity (Wildman–Crippen MR) is 106 cm³/mol. The number of hydrogen-bond donors (Lipinski definition) is 1. The van der Waals surface area contributed by atoms with Crippen molar-refractivity contribution in [1.29, 1.82) is 0 Å². The second-order valence-electron chi connectivity index (χ2n) is 6.33. The van der Waals surface area contributed by atoms with E-state index in [-0.39, 0.29) is 29.9 Å². The van der Waals surface area contributed by atoms with Gasteiger partial charge in [-0.3, -0.25) is 9.59 Å². The molecule has 26 heavy (non-hydrogen) atoms. The van der Waals surface area contributed by atoms with Crippen molar-refractivity contribution in [3.05, 3.63) is 69.1 Å². The van der Waals surface area contributed by atoms with E-state index >= 15 is 0 Å². The predicted octanol–water partition coefficient (Wildman–Crippen LogP) is 2.80. The Labute approximate surface area is 164 Å². The first-order valence-corrected chi connectivity index (χ1v) is 8.87. The Kier molecular flexibility index (Phi) is 7.26. The van der Waals surface area contributed by atoms with E-state index in [4.69, 9.17) is 11.6 Å². The van der Waals surface area contributed by atoms with E-state index in [9.17, 15) is 9.59 Å². The van der Waals surface area contributed by atoms with Gasteiger partial charge in [0.25, 0.3) is 11.5 Å². The van der Waals surface area contributed by atoms with Crippen LogP contribution in [-0.2, 0) is 6.54 Å². The normalized spacial score (nSPS) is 16.4. The van der Waals surface area contributed by atoms with Gasteiger partial charge in [-0.15, -0.1) is 12.4 Å². The molecule has 5 nitrogen and oxygen atoms in total. The molecule has 1 fully saturated rings. The second-order valence-corrected chi connectivity index (χ2v) is 6.73. The maximum Gasteiger partial charge on any atom is 0.255 e. The number of rotatable bonds is 5. The molecule has 0 bridgehead atoms. The summed E-state index contributed by atoms with van der Waals surface area (Å²) in [5.41, 5.74) is 1.24. The van der Waals surface area contributed by atoms with Crippen LogP contribution in [0.1, 0.15) is 28.8 Å². The van der Waals surface area contributed by atoms with Gasteiger partial charge in [-0.2, -0.15) is 0 Å². The Bertz CT molecular complexity index is 822. The lowest BCUT2D eigenvalue weighted by Gasteiger charge is -2.24. The van der Waals surface area contributed by atoms with Crippen LogP contribution in [0.2, 0.25) is 5.02 Å². The van der Waals surface area contributed by atoms with Crippen molar-refractivity contribution in [3.8, 4) is 0 Å². The van der Waals surface area contributed by atoms with Crippen LogP contribution in [0.3, 0.4) is 0 Å². The molecule has 2 aromatic rings. The van der Waals surface area contributed by atoms with Crippen LogP contribution in [0, 0.1) is 0 Å². The van der Waals surface area contributed by atoms with Crippen molar-refractivity contribution in [1.82, 2.24) is 14.8 Å². The number of amides is 1. The Morgan fingerprint density at radius 2 is 2.04 bits per heavy atom. The molecule has 0 aliphatic carbocycles. The third-order valence-corrected chi connectivity index (χ3v) is 4.98. The van der Waals surface area contributed by atoms with Crippen molar-refractivity contribution in [2.24, 2.45) is 0 Å². The maximum atomic E-state index is 12.9. The summed E-state index contributed by atoms with van der Waals surface area (Å²) in [6.45, 7) is 1.89. The summed E-state index contributed by atoms with van der Waals surface area (Å²) in [5, 5.41) is 3.75. The van der Waals surface area contributed by atoms with E-state index in [1.165, 1.54) is 10.6 Å². The number of halogens is 2. The molecule has 1 saturated heterocycles. The van der Waals surface area contributed by atoms with Crippen LogP contribution in [-0.4, -0.2) is 41.6 Å². The molecule has 1 aromatic heterocycles. The first-order valence-electron chi connectivity index (χ1n) is 8.49. The number of carbonyl (C=O) groups is 1. The average molecular weight is 396 g/mol. The highest BCUT2D eigenvalue weighted by molar-refractivity contribution is 6.31. The summed E-state index contributed by atoms with van der Waals surface area (Å²) in [4.78, 5) is 27.0. The first-order chi connectivity index (χ1) is 12.1. The van der Waals surface area contributed by atoms with E-state index in [1.807, 2.05) is 30.1 Å². The van der Waals surface area contributed by atoms with Gasteiger partial charge in [0.2, 0.25) is 0 Å². The van der Waals surface area contributed by atoms with Crippen molar-refractivity contribution < 1.29 is 4.79 Å². The molecule has 0 spiro atoms. The first kappa shape index (κ1) is 20.5. The van der Waals surface area contributed by atoms with Crippen molar-refractivity contribution >= 4 is 29.9 Å². The van der Waals surface area contributed by atoms with E-state index in [2.05, 4.69) is 5.32 Å². The molecule has 2 heterocycles. The summed E-state index contributed by atoms with van der Waals surface area (Å²) in [7, 11) is 1.89. The molecule has 0 saturated carbocycles. The van der Waals surface area contributed by atoms with Gasteiger partial charge in [0.15, 0.2) is 0 Å². The molecule has 1 atom stereocenters. The summed E-state index contributed by atoms with van der Waals surface area (Å²) in [5.74, 6) is -0.0225. The van der Waals surface area contributed by atoms with Crippen molar-refractivity contribution in [3.63, 3.8) is 0 Å². The summed E-state index contributed by atoms with van der Waals surface area (Å²) in [6.07, 6.45) is 3.66. The SMILES string of the molecule is CNCC1CCCN1C(=O)c1ccc(=O)n(Cc2ccccc2Cl)c1.Cl. The zero-order valence-electron chi connectivity index (χ0n) is 14.7. The average Bonchev–Trinajstić information content (AvgIpc) is 3.07. The Morgan fingerprint density at radius 1 is 1.27 bits per heavy atom. The Hall–Kier alpha value is -1.82. The van der Waals surface area contributed by atoms with E-state index in [0.717, 1.165) is 31.5 Å². The number of likely N-dealkylation sites (N-methyl/N-ethyl adjacent to an activating group) is 1. The minimum atomic E-state index is -0.148. The summed E-state index contributed by atoms with van der Waals surface area (Å²) in [6, 6.07) is 10.7. The van der Waals surface area contributed by atoms with Crippen LogP contribution in [0.5, 0.6) is 0 Å². The smallest absolute Gasteiger partial charge is 0.255 e. The molecule has 1 N–H and O–H groups in total. The molecule has 1 unspecified atom stereocenters. The minimum Gasteiger partial charge on any atom is -0.334 e. The number of hydrogen-bond acceptors (Lipinski definition) is 3. The number of likely N-dealkylation sites (tertiary alicyclic amines) is 1. The number of nitrogens with zero attached hydrogens (tertiary/aromatic N) is 2. The molecule has 1 aliphatic rings. The van der Waals surface area contributed by atoms with Crippen LogP contribution >= 0.6 is 24.0 Å². The number of pyridine rings is 1. The fourth-order valence-electron chi connectivity index (χ4n) is 3.31. The number of nitrogens with one attached hydrogen (secondary N) is 1. The quantitative estimate of drug-likeness (QED) is 0.846. The van der Waals surface area contributed by atoms with Gasteiger partial charge in [0.05, 0.1) is 12.1 Å². The molecule has 7 heteroatoms. The van der Waals surface area contributed by atoms with E-state index < -0.39 is 0 Å². The van der Waals surface area contributed by atoms with Crippen LogP contribution < -0.4 is 10.9 Å². The van der Waals surface area contributed by atoms with Gasteiger partial charge >= 0.3 is 0 Å². The van der Waals surface area contributed by atoms with Crippen LogP contribution in [0.15, 0.2) is 47.4 Å². The topological polar surface area (TPSA) is 54.3 Å². The third-order valence-electron chi connectivity index (χ3n) is 4.61. The molecule has 3 rings (SSSR count). The maximum absolute atomic E-state index is 12.9. The monoisotopic (exact) mass is 395 g/mol. The lowest BCUT2D eigenvalue weighted by Crippen LogP contribution is -2.41. The molecule has 140 valence electrons. The largest absolute Gasteiger partial charge is 0.334 e. The fraction of sp³-hybridized carbons (Fsp3) is 0.368.